The molecule has 152 valence electrons. The number of benzene rings is 2. The first-order chi connectivity index (χ1) is 14.7. The molecular formula is C24H22N2O3S. The summed E-state index contributed by atoms with van der Waals surface area (Å²) in [6.07, 6.45) is 1.51. The minimum absolute atomic E-state index is 0.0734. The van der Waals surface area contributed by atoms with Gasteiger partial charge in [0, 0.05) is 60.3 Å². The molecule has 5 rings (SSSR count). The van der Waals surface area contributed by atoms with Gasteiger partial charge in [-0.25, -0.2) is 0 Å². The predicted molar refractivity (Wildman–Crippen MR) is 120 cm³/mol. The third-order valence-electron chi connectivity index (χ3n) is 5.73. The van der Waals surface area contributed by atoms with Gasteiger partial charge in [0.1, 0.15) is 17.6 Å². The molecule has 0 aliphatic carbocycles. The van der Waals surface area contributed by atoms with Crippen LogP contribution in [-0.4, -0.2) is 42.0 Å². The number of furan rings is 1. The maximum atomic E-state index is 13.0. The molecule has 0 amide bonds. The van der Waals surface area contributed by atoms with Crippen LogP contribution in [0.2, 0.25) is 0 Å². The van der Waals surface area contributed by atoms with Crippen LogP contribution < -0.4 is 4.90 Å². The van der Waals surface area contributed by atoms with Crippen LogP contribution in [-0.2, 0) is 6.54 Å². The number of hydrogen-bond acceptors (Lipinski definition) is 6. The van der Waals surface area contributed by atoms with Gasteiger partial charge < -0.3 is 14.4 Å². The average molecular weight is 419 g/mol. The lowest BCUT2D eigenvalue weighted by atomic mass is 9.99. The maximum absolute atomic E-state index is 13.0. The van der Waals surface area contributed by atoms with Crippen molar-refractivity contribution >= 4 is 33.8 Å². The van der Waals surface area contributed by atoms with E-state index < -0.39 is 0 Å². The van der Waals surface area contributed by atoms with Gasteiger partial charge in [0.05, 0.1) is 5.56 Å². The van der Waals surface area contributed by atoms with Crippen LogP contribution in [0.3, 0.4) is 0 Å². The van der Waals surface area contributed by atoms with Crippen molar-refractivity contribution in [3.05, 3.63) is 82.2 Å². The Bertz CT molecular complexity index is 1160. The molecule has 0 radical (unpaired) electrons. The average Bonchev–Trinajstić information content (AvgIpc) is 3.47. The SMILES string of the molecule is O=C(c1ccsc1)c1coc2ccc(O)c(CN3CCN(c4ccccc4)CC3)c12. The van der Waals surface area contributed by atoms with E-state index in [-0.39, 0.29) is 11.5 Å². The quantitative estimate of drug-likeness (QED) is 0.474. The van der Waals surface area contributed by atoms with Gasteiger partial charge >= 0.3 is 0 Å². The highest BCUT2D eigenvalue weighted by Gasteiger charge is 2.24. The van der Waals surface area contributed by atoms with Crippen molar-refractivity contribution in [1.82, 2.24) is 4.90 Å². The van der Waals surface area contributed by atoms with E-state index in [4.69, 9.17) is 4.42 Å². The number of phenolic OH excluding ortho intramolecular Hbond substituents is 1. The Kier molecular flexibility index (Phi) is 5.02. The van der Waals surface area contributed by atoms with Gasteiger partial charge in [-0.05, 0) is 35.7 Å². The molecule has 30 heavy (non-hydrogen) atoms. The first-order valence-corrected chi connectivity index (χ1v) is 11.0. The number of anilines is 1. The summed E-state index contributed by atoms with van der Waals surface area (Å²) >= 11 is 1.49. The molecule has 2 aromatic heterocycles. The van der Waals surface area contributed by atoms with Gasteiger partial charge in [0.25, 0.3) is 0 Å². The lowest BCUT2D eigenvalue weighted by Gasteiger charge is -2.36. The number of piperazine rings is 1. The van der Waals surface area contributed by atoms with Gasteiger partial charge in [-0.1, -0.05) is 18.2 Å². The van der Waals surface area contributed by atoms with Crippen LogP contribution in [0, 0.1) is 0 Å². The largest absolute Gasteiger partial charge is 0.508 e. The van der Waals surface area contributed by atoms with Gasteiger partial charge in [-0.2, -0.15) is 11.3 Å². The van der Waals surface area contributed by atoms with E-state index >= 15 is 0 Å². The van der Waals surface area contributed by atoms with Gasteiger partial charge in [-0.3, -0.25) is 9.69 Å². The van der Waals surface area contributed by atoms with E-state index in [9.17, 15) is 9.90 Å². The van der Waals surface area contributed by atoms with Gasteiger partial charge in [-0.15, -0.1) is 0 Å². The van der Waals surface area contributed by atoms with Gasteiger partial charge in [0.15, 0.2) is 5.78 Å². The van der Waals surface area contributed by atoms with Crippen molar-refractivity contribution in [2.24, 2.45) is 0 Å². The first kappa shape index (κ1) is 18.9. The summed E-state index contributed by atoms with van der Waals surface area (Å²) < 4.78 is 5.67. The summed E-state index contributed by atoms with van der Waals surface area (Å²) in [6, 6.07) is 15.6. The predicted octanol–water partition coefficient (Wildman–Crippen LogP) is 4.75. The highest BCUT2D eigenvalue weighted by atomic mass is 32.1. The lowest BCUT2D eigenvalue weighted by Crippen LogP contribution is -2.46. The Balaban J connectivity index is 1.40. The number of aromatic hydroxyl groups is 1. The van der Waals surface area contributed by atoms with Crippen molar-refractivity contribution in [3.8, 4) is 5.75 Å². The van der Waals surface area contributed by atoms with Crippen LogP contribution in [0.15, 0.2) is 70.0 Å². The fourth-order valence-corrected chi connectivity index (χ4v) is 4.73. The first-order valence-electron chi connectivity index (χ1n) is 10.0. The van der Waals surface area contributed by atoms with Crippen molar-refractivity contribution in [3.63, 3.8) is 0 Å². The third-order valence-corrected chi connectivity index (χ3v) is 6.41. The summed E-state index contributed by atoms with van der Waals surface area (Å²) in [6.45, 7) is 4.20. The molecule has 0 atom stereocenters. The molecule has 0 spiro atoms. The van der Waals surface area contributed by atoms with E-state index in [2.05, 4.69) is 34.1 Å². The second-order valence-electron chi connectivity index (χ2n) is 7.53. The molecule has 1 N–H and O–H groups in total. The summed E-state index contributed by atoms with van der Waals surface area (Å²) in [5.74, 6) is 0.129. The molecule has 0 unspecified atom stereocenters. The minimum Gasteiger partial charge on any atom is -0.508 e. The Hall–Kier alpha value is -3.09. The molecule has 5 nitrogen and oxygen atoms in total. The molecular weight excluding hydrogens is 396 g/mol. The zero-order valence-electron chi connectivity index (χ0n) is 16.5. The minimum atomic E-state index is -0.0734. The number of para-hydroxylation sites is 1. The molecule has 6 heteroatoms. The second-order valence-corrected chi connectivity index (χ2v) is 8.31. The fourth-order valence-electron chi connectivity index (χ4n) is 4.09. The van der Waals surface area contributed by atoms with Crippen molar-refractivity contribution in [2.75, 3.05) is 31.1 Å². The van der Waals surface area contributed by atoms with E-state index in [0.717, 1.165) is 37.1 Å². The molecule has 1 fully saturated rings. The normalized spacial score (nSPS) is 15.0. The number of hydrogen-bond donors (Lipinski definition) is 1. The summed E-state index contributed by atoms with van der Waals surface area (Å²) in [4.78, 5) is 17.7. The Morgan fingerprint density at radius 2 is 1.83 bits per heavy atom. The van der Waals surface area contributed by atoms with E-state index in [0.29, 0.717) is 23.3 Å². The molecule has 2 aromatic carbocycles. The van der Waals surface area contributed by atoms with Crippen LogP contribution in [0.5, 0.6) is 5.75 Å². The monoisotopic (exact) mass is 418 g/mol. The zero-order chi connectivity index (χ0) is 20.5. The highest BCUT2D eigenvalue weighted by Crippen LogP contribution is 2.34. The Labute approximate surface area is 178 Å². The molecule has 1 saturated heterocycles. The highest BCUT2D eigenvalue weighted by molar-refractivity contribution is 7.08. The zero-order valence-corrected chi connectivity index (χ0v) is 17.3. The second kappa shape index (κ2) is 7.97. The van der Waals surface area contributed by atoms with Crippen LogP contribution in [0.25, 0.3) is 11.0 Å². The number of thiophene rings is 1. The lowest BCUT2D eigenvalue weighted by molar-refractivity contribution is 0.104. The van der Waals surface area contributed by atoms with Crippen LogP contribution in [0.1, 0.15) is 21.5 Å². The van der Waals surface area contributed by atoms with Gasteiger partial charge in [0.2, 0.25) is 0 Å². The molecule has 3 heterocycles. The van der Waals surface area contributed by atoms with Crippen molar-refractivity contribution in [2.45, 2.75) is 6.54 Å². The molecule has 0 saturated carbocycles. The van der Waals surface area contributed by atoms with E-state index in [1.54, 1.807) is 12.1 Å². The third kappa shape index (κ3) is 3.49. The topological polar surface area (TPSA) is 56.9 Å². The number of ketones is 1. The van der Waals surface area contributed by atoms with Crippen LogP contribution >= 0.6 is 11.3 Å². The van der Waals surface area contributed by atoms with E-state index in [1.165, 1.54) is 23.3 Å². The van der Waals surface area contributed by atoms with E-state index in [1.807, 2.05) is 22.9 Å². The Morgan fingerprint density at radius 3 is 2.57 bits per heavy atom. The summed E-state index contributed by atoms with van der Waals surface area (Å²) in [5, 5.41) is 15.1. The molecule has 1 aliphatic rings. The van der Waals surface area contributed by atoms with Crippen LogP contribution in [0.4, 0.5) is 5.69 Å². The maximum Gasteiger partial charge on any atom is 0.197 e. The smallest absolute Gasteiger partial charge is 0.197 e. The van der Waals surface area contributed by atoms with Crippen molar-refractivity contribution < 1.29 is 14.3 Å². The van der Waals surface area contributed by atoms with Crippen molar-refractivity contribution in [1.29, 1.82) is 0 Å². The molecule has 1 aliphatic heterocycles. The fraction of sp³-hybridized carbons (Fsp3) is 0.208. The number of fused-ring (bicyclic) bond motifs is 1. The number of carbonyl (C=O) groups is 1. The molecule has 0 bridgehead atoms. The number of nitrogens with zero attached hydrogens (tertiary/aromatic N) is 2. The number of rotatable bonds is 5. The number of carbonyl (C=O) groups excluding carboxylic acids is 1. The summed E-state index contributed by atoms with van der Waals surface area (Å²) in [7, 11) is 0. The number of phenols is 1. The Morgan fingerprint density at radius 1 is 1.03 bits per heavy atom. The standard InChI is InChI=1S/C24H22N2O3S/c27-21-6-7-22-23(20(15-29-22)24(28)17-8-13-30-16-17)19(21)14-25-9-11-26(12-10-25)18-4-2-1-3-5-18/h1-8,13,15-16,27H,9-12,14H2. The summed E-state index contributed by atoms with van der Waals surface area (Å²) in [5.41, 5.74) is 3.78. The molecule has 4 aromatic rings.